The summed E-state index contributed by atoms with van der Waals surface area (Å²) in [6.45, 7) is 5.27. The molecule has 2 amide bonds. The molecule has 4 N–H and O–H groups in total. The fraction of sp³-hybridized carbons (Fsp3) is 0.233. The molecule has 0 aliphatic rings. The quantitative estimate of drug-likeness (QED) is 0.202. The summed E-state index contributed by atoms with van der Waals surface area (Å²) < 4.78 is 9.73. The van der Waals surface area contributed by atoms with Crippen molar-refractivity contribution in [3.63, 3.8) is 0 Å². The van der Waals surface area contributed by atoms with Crippen molar-refractivity contribution in [2.75, 3.05) is 23.0 Å². The maximum Gasteiger partial charge on any atom is 0.324 e. The van der Waals surface area contributed by atoms with Gasteiger partial charge in [0, 0.05) is 23.0 Å². The summed E-state index contributed by atoms with van der Waals surface area (Å²) in [4.78, 5) is 17.2. The minimum Gasteiger partial charge on any atom is -0.491 e. The predicted octanol–water partition coefficient (Wildman–Crippen LogP) is 6.18. The largest absolute Gasteiger partial charge is 0.491 e. The third-order valence-electron chi connectivity index (χ3n) is 6.46. The van der Waals surface area contributed by atoms with E-state index in [1.807, 2.05) is 78.2 Å². The van der Waals surface area contributed by atoms with Gasteiger partial charge in [0.05, 0.1) is 29.9 Å². The third-order valence-corrected chi connectivity index (χ3v) is 6.46. The first-order valence-electron chi connectivity index (χ1n) is 13.2. The summed E-state index contributed by atoms with van der Waals surface area (Å²) in [6, 6.07) is 21.2. The van der Waals surface area contributed by atoms with E-state index in [-0.39, 0.29) is 6.03 Å². The Balaban J connectivity index is 1.33. The molecule has 5 aromatic rings. The molecule has 0 atom stereocenters. The number of imidazole rings is 1. The number of carbonyl (C=O) groups is 1. The molecule has 200 valence electrons. The number of hydrogen-bond acceptors (Lipinski definition) is 5. The Morgan fingerprint density at radius 2 is 1.82 bits per heavy atom. The number of unbranched alkanes of at least 4 members (excludes halogenated alkanes) is 1. The number of ether oxygens (including phenoxy) is 1. The van der Waals surface area contributed by atoms with Crippen LogP contribution in [0.4, 0.5) is 22.1 Å². The second-order valence-corrected chi connectivity index (χ2v) is 9.49. The number of aryl methyl sites for hydroxylation is 2. The minimum absolute atomic E-state index is 0.346. The van der Waals surface area contributed by atoms with Crippen molar-refractivity contribution in [2.45, 2.75) is 39.7 Å². The van der Waals surface area contributed by atoms with Crippen LogP contribution in [0, 0.1) is 6.92 Å². The van der Waals surface area contributed by atoms with Gasteiger partial charge in [-0.15, -0.1) is 0 Å². The molecule has 3 aromatic carbocycles. The van der Waals surface area contributed by atoms with Gasteiger partial charge < -0.3 is 20.4 Å². The van der Waals surface area contributed by atoms with E-state index in [1.165, 1.54) is 0 Å². The van der Waals surface area contributed by atoms with Crippen LogP contribution in [0.25, 0.3) is 16.5 Å². The zero-order valence-corrected chi connectivity index (χ0v) is 22.2. The average Bonchev–Trinajstić information content (AvgIpc) is 3.54. The Labute approximate surface area is 227 Å². The molecule has 0 fully saturated rings. The van der Waals surface area contributed by atoms with E-state index in [9.17, 15) is 4.79 Å². The van der Waals surface area contributed by atoms with Crippen LogP contribution >= 0.6 is 0 Å². The van der Waals surface area contributed by atoms with E-state index in [0.29, 0.717) is 30.5 Å². The number of benzene rings is 3. The minimum atomic E-state index is -0.346. The maximum absolute atomic E-state index is 13.2. The first-order chi connectivity index (χ1) is 19.0. The van der Waals surface area contributed by atoms with Gasteiger partial charge in [0.15, 0.2) is 0 Å². The Bertz CT molecular complexity index is 1570. The zero-order valence-electron chi connectivity index (χ0n) is 22.2. The maximum atomic E-state index is 13.2. The summed E-state index contributed by atoms with van der Waals surface area (Å²) in [7, 11) is 0. The van der Waals surface area contributed by atoms with Gasteiger partial charge in [-0.25, -0.2) is 14.5 Å². The van der Waals surface area contributed by atoms with E-state index in [2.05, 4.69) is 22.5 Å². The number of hydrogen-bond donors (Lipinski definition) is 3. The van der Waals surface area contributed by atoms with Crippen LogP contribution in [0.15, 0.2) is 79.3 Å². The molecule has 0 radical (unpaired) electrons. The van der Waals surface area contributed by atoms with Gasteiger partial charge in [0.1, 0.15) is 24.0 Å². The molecule has 2 heterocycles. The number of aromatic nitrogens is 4. The van der Waals surface area contributed by atoms with Gasteiger partial charge in [-0.1, -0.05) is 55.3 Å². The van der Waals surface area contributed by atoms with Crippen LogP contribution in [-0.4, -0.2) is 32.0 Å². The topological polar surface area (TPSA) is 112 Å². The molecule has 0 bridgehead atoms. The number of urea groups is 1. The van der Waals surface area contributed by atoms with Crippen LogP contribution in [0.5, 0.6) is 5.75 Å². The second-order valence-electron chi connectivity index (χ2n) is 9.49. The number of anilines is 3. The Morgan fingerprint density at radius 3 is 2.56 bits per heavy atom. The molecule has 2 aromatic heterocycles. The van der Waals surface area contributed by atoms with Gasteiger partial charge in [-0.3, -0.25) is 5.32 Å². The van der Waals surface area contributed by atoms with Crippen LogP contribution in [0.1, 0.15) is 31.0 Å². The molecule has 0 aliphatic heterocycles. The van der Waals surface area contributed by atoms with E-state index >= 15 is 0 Å². The molecule has 0 saturated heterocycles. The lowest BCUT2D eigenvalue weighted by Crippen LogP contribution is -2.21. The van der Waals surface area contributed by atoms with Gasteiger partial charge in [0.25, 0.3) is 0 Å². The molecule has 39 heavy (non-hydrogen) atoms. The van der Waals surface area contributed by atoms with Crippen LogP contribution in [0.2, 0.25) is 0 Å². The van der Waals surface area contributed by atoms with Crippen molar-refractivity contribution in [1.82, 2.24) is 19.3 Å². The number of nitrogens with one attached hydrogen (secondary N) is 2. The van der Waals surface area contributed by atoms with E-state index in [0.717, 1.165) is 52.7 Å². The number of fused-ring (bicyclic) bond motifs is 1. The summed E-state index contributed by atoms with van der Waals surface area (Å²) in [5, 5.41) is 12.6. The standard InChI is InChI=1S/C30H33N7O2/c1-3-4-7-22-18-29(37(35-22)23-12-10-21(2)11-13-23)34-30(38)33-26-14-15-27(25-9-6-5-8-24(25)26)39-17-16-36-19-28(31)32-20-36/h5-6,8-15,18-20H,3-4,7,16-17,31H2,1-2H3,(H2,33,34,38). The predicted molar refractivity (Wildman–Crippen MR) is 156 cm³/mol. The van der Waals surface area contributed by atoms with Crippen LogP contribution in [0.3, 0.4) is 0 Å². The molecule has 0 unspecified atom stereocenters. The fourth-order valence-corrected chi connectivity index (χ4v) is 4.42. The highest BCUT2D eigenvalue weighted by Gasteiger charge is 2.15. The summed E-state index contributed by atoms with van der Waals surface area (Å²) in [6.07, 6.45) is 6.41. The second kappa shape index (κ2) is 11.7. The van der Waals surface area contributed by atoms with Crippen molar-refractivity contribution in [3.05, 3.63) is 90.5 Å². The Kier molecular flexibility index (Phi) is 7.77. The van der Waals surface area contributed by atoms with Crippen LogP contribution in [-0.2, 0) is 13.0 Å². The van der Waals surface area contributed by atoms with Crippen molar-refractivity contribution >= 4 is 34.1 Å². The lowest BCUT2D eigenvalue weighted by molar-refractivity contribution is 0.262. The fourth-order valence-electron chi connectivity index (χ4n) is 4.42. The van der Waals surface area contributed by atoms with Crippen molar-refractivity contribution in [1.29, 1.82) is 0 Å². The van der Waals surface area contributed by atoms with Crippen molar-refractivity contribution in [2.24, 2.45) is 0 Å². The van der Waals surface area contributed by atoms with Crippen molar-refractivity contribution in [3.8, 4) is 11.4 Å². The molecule has 9 heteroatoms. The first-order valence-corrected chi connectivity index (χ1v) is 13.2. The summed E-state index contributed by atoms with van der Waals surface area (Å²) >= 11 is 0. The van der Waals surface area contributed by atoms with Crippen LogP contribution < -0.4 is 21.1 Å². The molecule has 5 rings (SSSR count). The molecule has 0 aliphatic carbocycles. The molecular formula is C30H33N7O2. The highest BCUT2D eigenvalue weighted by atomic mass is 16.5. The number of rotatable bonds is 10. The number of carbonyl (C=O) groups excluding carboxylic acids is 1. The summed E-state index contributed by atoms with van der Waals surface area (Å²) in [5.74, 6) is 1.84. The molecular weight excluding hydrogens is 490 g/mol. The number of nitrogens with zero attached hydrogens (tertiary/aromatic N) is 4. The number of nitrogen functional groups attached to an aromatic ring is 1. The lowest BCUT2D eigenvalue weighted by atomic mass is 10.1. The zero-order chi connectivity index (χ0) is 27.2. The normalized spacial score (nSPS) is 11.0. The Morgan fingerprint density at radius 1 is 1.03 bits per heavy atom. The molecule has 0 saturated carbocycles. The van der Waals surface area contributed by atoms with E-state index < -0.39 is 0 Å². The third kappa shape index (κ3) is 6.20. The van der Waals surface area contributed by atoms with Gasteiger partial charge in [0.2, 0.25) is 0 Å². The molecule has 9 nitrogen and oxygen atoms in total. The van der Waals surface area contributed by atoms with E-state index in [1.54, 1.807) is 17.2 Å². The van der Waals surface area contributed by atoms with Gasteiger partial charge >= 0.3 is 6.03 Å². The molecule has 0 spiro atoms. The first kappa shape index (κ1) is 25.8. The average molecular weight is 524 g/mol. The summed E-state index contributed by atoms with van der Waals surface area (Å²) in [5.41, 5.74) is 9.37. The highest BCUT2D eigenvalue weighted by molar-refractivity contribution is 6.07. The number of nitrogens with two attached hydrogens (primary N) is 1. The smallest absolute Gasteiger partial charge is 0.324 e. The van der Waals surface area contributed by atoms with E-state index in [4.69, 9.17) is 15.6 Å². The van der Waals surface area contributed by atoms with Gasteiger partial charge in [-0.05, 0) is 44.0 Å². The Hall–Kier alpha value is -4.79. The monoisotopic (exact) mass is 523 g/mol. The number of amides is 2. The van der Waals surface area contributed by atoms with Crippen molar-refractivity contribution < 1.29 is 9.53 Å². The highest BCUT2D eigenvalue weighted by Crippen LogP contribution is 2.32. The SMILES string of the molecule is CCCCc1cc(NC(=O)Nc2ccc(OCCn3cnc(N)c3)c3ccccc23)n(-c2ccc(C)cc2)n1. The lowest BCUT2D eigenvalue weighted by Gasteiger charge is -2.14. The van der Waals surface area contributed by atoms with Gasteiger partial charge in [-0.2, -0.15) is 5.10 Å².